The fraction of sp³-hybridized carbons (Fsp3) is 0.533. The van der Waals surface area contributed by atoms with E-state index < -0.39 is 17.2 Å². The first-order valence-electron chi connectivity index (χ1n) is 6.67. The van der Waals surface area contributed by atoms with Crippen LogP contribution in [-0.2, 0) is 11.2 Å². The summed E-state index contributed by atoms with van der Waals surface area (Å²) in [6, 6.07) is 3.64. The topological polar surface area (TPSA) is 40.5 Å². The van der Waals surface area contributed by atoms with E-state index in [1.165, 1.54) is 6.07 Å². The minimum Gasteiger partial charge on any atom is -0.389 e. The van der Waals surface area contributed by atoms with Crippen LogP contribution >= 0.6 is 0 Å². The van der Waals surface area contributed by atoms with Gasteiger partial charge in [0.15, 0.2) is 11.6 Å². The van der Waals surface area contributed by atoms with E-state index in [1.807, 2.05) is 6.92 Å². The van der Waals surface area contributed by atoms with Gasteiger partial charge in [-0.05, 0) is 44.9 Å². The number of aryl methyl sites for hydroxylation is 1. The Morgan fingerprint density at radius 2 is 1.95 bits per heavy atom. The van der Waals surface area contributed by atoms with Gasteiger partial charge in [0.25, 0.3) is 0 Å². The normalized spacial score (nSPS) is 11.5. The van der Waals surface area contributed by atoms with Crippen molar-refractivity contribution in [3.8, 4) is 0 Å². The summed E-state index contributed by atoms with van der Waals surface area (Å²) in [5.41, 5.74) is -0.371. The van der Waals surface area contributed by atoms with Crippen molar-refractivity contribution in [2.75, 3.05) is 13.1 Å². The Morgan fingerprint density at radius 1 is 1.30 bits per heavy atom. The van der Waals surface area contributed by atoms with Gasteiger partial charge in [-0.1, -0.05) is 6.07 Å². The number of nitrogens with zero attached hydrogens (tertiary/aromatic N) is 1. The average Bonchev–Trinajstić information content (AvgIpc) is 2.36. The minimum atomic E-state index is -0.951. The molecule has 0 radical (unpaired) electrons. The number of likely N-dealkylation sites (N-methyl/N-ethyl adjacent to an activating group) is 1. The Labute approximate surface area is 118 Å². The Hall–Kier alpha value is -1.49. The molecule has 0 atom stereocenters. The minimum absolute atomic E-state index is 0.112. The van der Waals surface area contributed by atoms with Crippen LogP contribution in [0, 0.1) is 11.6 Å². The van der Waals surface area contributed by atoms with Gasteiger partial charge in [-0.15, -0.1) is 0 Å². The lowest BCUT2D eigenvalue weighted by Crippen LogP contribution is -2.42. The highest BCUT2D eigenvalue weighted by atomic mass is 19.2. The second kappa shape index (κ2) is 6.79. The summed E-state index contributed by atoms with van der Waals surface area (Å²) in [6.07, 6.45) is 0.549. The van der Waals surface area contributed by atoms with E-state index in [-0.39, 0.29) is 18.9 Å². The first-order chi connectivity index (χ1) is 9.23. The van der Waals surface area contributed by atoms with E-state index in [9.17, 15) is 18.7 Å². The first kappa shape index (κ1) is 16.6. The summed E-state index contributed by atoms with van der Waals surface area (Å²) in [5, 5.41) is 9.74. The molecule has 112 valence electrons. The summed E-state index contributed by atoms with van der Waals surface area (Å²) in [4.78, 5) is 13.6. The van der Waals surface area contributed by atoms with Crippen molar-refractivity contribution >= 4 is 5.91 Å². The van der Waals surface area contributed by atoms with Crippen LogP contribution in [0.15, 0.2) is 18.2 Å². The van der Waals surface area contributed by atoms with Crippen molar-refractivity contribution in [2.24, 2.45) is 0 Å². The predicted octanol–water partition coefficient (Wildman–Crippen LogP) is 2.52. The largest absolute Gasteiger partial charge is 0.389 e. The fourth-order valence-corrected chi connectivity index (χ4v) is 1.95. The van der Waals surface area contributed by atoms with Gasteiger partial charge in [0, 0.05) is 19.5 Å². The summed E-state index contributed by atoms with van der Waals surface area (Å²) in [5.74, 6) is -1.91. The standard InChI is InChI=1S/C15H21F2NO2/c1-4-18(10-15(2,3)20)14(19)8-6-11-5-7-12(16)13(17)9-11/h5,7,9,20H,4,6,8,10H2,1-3H3. The Kier molecular flexibility index (Phi) is 5.62. The highest BCUT2D eigenvalue weighted by molar-refractivity contribution is 5.76. The molecular weight excluding hydrogens is 264 g/mol. The number of rotatable bonds is 6. The molecule has 0 fully saturated rings. The molecule has 0 heterocycles. The van der Waals surface area contributed by atoms with Crippen LogP contribution in [0.25, 0.3) is 0 Å². The van der Waals surface area contributed by atoms with Gasteiger partial charge in [0.2, 0.25) is 5.91 Å². The lowest BCUT2D eigenvalue weighted by atomic mass is 10.1. The van der Waals surface area contributed by atoms with E-state index in [0.29, 0.717) is 18.5 Å². The number of carbonyl (C=O) groups excluding carboxylic acids is 1. The van der Waals surface area contributed by atoms with Crippen molar-refractivity contribution in [3.05, 3.63) is 35.4 Å². The molecule has 0 aromatic heterocycles. The number of hydrogen-bond acceptors (Lipinski definition) is 2. The molecule has 1 aromatic rings. The lowest BCUT2D eigenvalue weighted by Gasteiger charge is -2.28. The van der Waals surface area contributed by atoms with Crippen molar-refractivity contribution in [2.45, 2.75) is 39.2 Å². The molecule has 0 aliphatic carbocycles. The number of hydrogen-bond donors (Lipinski definition) is 1. The average molecular weight is 285 g/mol. The van der Waals surface area contributed by atoms with Crippen molar-refractivity contribution in [1.82, 2.24) is 4.90 Å². The van der Waals surface area contributed by atoms with Gasteiger partial charge in [0.05, 0.1) is 5.60 Å². The molecule has 1 aromatic carbocycles. The number of amides is 1. The number of aliphatic hydroxyl groups is 1. The molecule has 1 N–H and O–H groups in total. The molecule has 0 spiro atoms. The number of carbonyl (C=O) groups is 1. The van der Waals surface area contributed by atoms with Crippen LogP contribution in [0.3, 0.4) is 0 Å². The zero-order chi connectivity index (χ0) is 15.3. The first-order valence-corrected chi connectivity index (χ1v) is 6.67. The third kappa shape index (κ3) is 5.25. The smallest absolute Gasteiger partial charge is 0.222 e. The van der Waals surface area contributed by atoms with E-state index in [4.69, 9.17) is 0 Å². The SMILES string of the molecule is CCN(CC(C)(C)O)C(=O)CCc1ccc(F)c(F)c1. The van der Waals surface area contributed by atoms with Gasteiger partial charge < -0.3 is 10.0 Å². The molecular formula is C15H21F2NO2. The summed E-state index contributed by atoms with van der Waals surface area (Å²) in [7, 11) is 0. The number of benzene rings is 1. The molecule has 3 nitrogen and oxygen atoms in total. The van der Waals surface area contributed by atoms with Crippen molar-refractivity contribution in [3.63, 3.8) is 0 Å². The summed E-state index contributed by atoms with van der Waals surface area (Å²) >= 11 is 0. The molecule has 1 amide bonds. The Morgan fingerprint density at radius 3 is 2.45 bits per heavy atom. The van der Waals surface area contributed by atoms with E-state index in [2.05, 4.69) is 0 Å². The molecule has 0 saturated carbocycles. The molecule has 0 aliphatic rings. The second-order valence-corrected chi connectivity index (χ2v) is 5.47. The zero-order valence-electron chi connectivity index (χ0n) is 12.1. The van der Waals surface area contributed by atoms with Crippen molar-refractivity contribution in [1.29, 1.82) is 0 Å². The second-order valence-electron chi connectivity index (χ2n) is 5.47. The van der Waals surface area contributed by atoms with Crippen LogP contribution in [0.5, 0.6) is 0 Å². The van der Waals surface area contributed by atoms with E-state index >= 15 is 0 Å². The fourth-order valence-electron chi connectivity index (χ4n) is 1.95. The molecule has 0 saturated heterocycles. The van der Waals surface area contributed by atoms with Crippen LogP contribution in [-0.4, -0.2) is 34.6 Å². The Bertz CT molecular complexity index is 469. The highest BCUT2D eigenvalue weighted by Gasteiger charge is 2.21. The van der Waals surface area contributed by atoms with Gasteiger partial charge in [-0.3, -0.25) is 4.79 Å². The van der Waals surface area contributed by atoms with Crippen LogP contribution in [0.4, 0.5) is 8.78 Å². The third-order valence-electron chi connectivity index (χ3n) is 2.92. The molecule has 0 unspecified atom stereocenters. The number of halogens is 2. The summed E-state index contributed by atoms with van der Waals surface area (Å²) in [6.45, 7) is 5.86. The maximum absolute atomic E-state index is 13.0. The van der Waals surface area contributed by atoms with Crippen LogP contribution in [0.1, 0.15) is 32.8 Å². The van der Waals surface area contributed by atoms with E-state index in [1.54, 1.807) is 18.7 Å². The third-order valence-corrected chi connectivity index (χ3v) is 2.92. The van der Waals surface area contributed by atoms with Gasteiger partial charge in [0.1, 0.15) is 0 Å². The van der Waals surface area contributed by atoms with Gasteiger partial charge >= 0.3 is 0 Å². The molecule has 1 rings (SSSR count). The van der Waals surface area contributed by atoms with Gasteiger partial charge in [-0.2, -0.15) is 0 Å². The lowest BCUT2D eigenvalue weighted by molar-refractivity contribution is -0.133. The van der Waals surface area contributed by atoms with Crippen LogP contribution in [0.2, 0.25) is 0 Å². The molecule has 5 heteroatoms. The highest BCUT2D eigenvalue weighted by Crippen LogP contribution is 2.12. The zero-order valence-corrected chi connectivity index (χ0v) is 12.1. The van der Waals surface area contributed by atoms with Gasteiger partial charge in [-0.25, -0.2) is 8.78 Å². The maximum atomic E-state index is 13.0. The monoisotopic (exact) mass is 285 g/mol. The quantitative estimate of drug-likeness (QED) is 0.872. The molecule has 20 heavy (non-hydrogen) atoms. The van der Waals surface area contributed by atoms with Crippen molar-refractivity contribution < 1.29 is 18.7 Å². The van der Waals surface area contributed by atoms with Crippen LogP contribution < -0.4 is 0 Å². The van der Waals surface area contributed by atoms with E-state index in [0.717, 1.165) is 12.1 Å². The predicted molar refractivity (Wildman–Crippen MR) is 73.2 cm³/mol. The summed E-state index contributed by atoms with van der Waals surface area (Å²) < 4.78 is 25.8. The Balaban J connectivity index is 2.59. The molecule has 0 bridgehead atoms. The molecule has 0 aliphatic heterocycles. The maximum Gasteiger partial charge on any atom is 0.222 e.